The molecule has 2 rings (SSSR count). The number of rotatable bonds is 5. The van der Waals surface area contributed by atoms with Gasteiger partial charge in [0, 0.05) is 0 Å². The standard InChI is InChI=1S/C15H22O/c1-4-12-6-8-13(9-7-12)10-11(3)15-14(5-2)16-15/h6-9,11,14-15H,4-5,10H2,1-3H3. The molecule has 0 radical (unpaired) electrons. The molecule has 0 N–H and O–H groups in total. The first-order valence-electron chi connectivity index (χ1n) is 6.47. The van der Waals surface area contributed by atoms with E-state index >= 15 is 0 Å². The van der Waals surface area contributed by atoms with E-state index in [1.807, 2.05) is 0 Å². The maximum absolute atomic E-state index is 5.65. The summed E-state index contributed by atoms with van der Waals surface area (Å²) in [4.78, 5) is 0. The van der Waals surface area contributed by atoms with Gasteiger partial charge < -0.3 is 4.74 Å². The Hall–Kier alpha value is -0.820. The van der Waals surface area contributed by atoms with Crippen molar-refractivity contribution in [1.29, 1.82) is 0 Å². The van der Waals surface area contributed by atoms with Gasteiger partial charge in [0.25, 0.3) is 0 Å². The van der Waals surface area contributed by atoms with Gasteiger partial charge in [0.15, 0.2) is 0 Å². The molecule has 0 amide bonds. The van der Waals surface area contributed by atoms with Crippen molar-refractivity contribution in [2.24, 2.45) is 5.92 Å². The van der Waals surface area contributed by atoms with Crippen LogP contribution in [0.3, 0.4) is 0 Å². The quantitative estimate of drug-likeness (QED) is 0.688. The summed E-state index contributed by atoms with van der Waals surface area (Å²) in [6.45, 7) is 6.70. The third-order valence-electron chi connectivity index (χ3n) is 3.57. The predicted octanol–water partition coefficient (Wildman–Crippen LogP) is 3.61. The summed E-state index contributed by atoms with van der Waals surface area (Å²) in [7, 11) is 0. The summed E-state index contributed by atoms with van der Waals surface area (Å²) in [6, 6.07) is 9.01. The SMILES string of the molecule is CCc1ccc(CC(C)C2OC2CC)cc1. The second-order valence-electron chi connectivity index (χ2n) is 4.90. The maximum Gasteiger partial charge on any atom is 0.0870 e. The van der Waals surface area contributed by atoms with Gasteiger partial charge in [-0.05, 0) is 36.3 Å². The highest BCUT2D eigenvalue weighted by molar-refractivity contribution is 5.23. The highest BCUT2D eigenvalue weighted by Gasteiger charge is 2.40. The van der Waals surface area contributed by atoms with Crippen molar-refractivity contribution in [2.75, 3.05) is 0 Å². The smallest absolute Gasteiger partial charge is 0.0870 e. The first-order chi connectivity index (χ1) is 7.74. The van der Waals surface area contributed by atoms with Gasteiger partial charge in [0.05, 0.1) is 12.2 Å². The lowest BCUT2D eigenvalue weighted by molar-refractivity contribution is 0.322. The highest BCUT2D eigenvalue weighted by atomic mass is 16.6. The van der Waals surface area contributed by atoms with Crippen LogP contribution in [0.4, 0.5) is 0 Å². The van der Waals surface area contributed by atoms with Crippen molar-refractivity contribution in [3.63, 3.8) is 0 Å². The molecule has 1 fully saturated rings. The number of epoxide rings is 1. The number of aryl methyl sites for hydroxylation is 1. The van der Waals surface area contributed by atoms with Crippen LogP contribution >= 0.6 is 0 Å². The van der Waals surface area contributed by atoms with Crippen LogP contribution in [0.15, 0.2) is 24.3 Å². The molecule has 1 heterocycles. The van der Waals surface area contributed by atoms with E-state index in [1.54, 1.807) is 0 Å². The topological polar surface area (TPSA) is 12.5 Å². The Balaban J connectivity index is 1.88. The van der Waals surface area contributed by atoms with Crippen molar-refractivity contribution in [3.05, 3.63) is 35.4 Å². The summed E-state index contributed by atoms with van der Waals surface area (Å²) >= 11 is 0. The summed E-state index contributed by atoms with van der Waals surface area (Å²) in [6.07, 6.45) is 4.47. The van der Waals surface area contributed by atoms with E-state index < -0.39 is 0 Å². The fourth-order valence-electron chi connectivity index (χ4n) is 2.38. The number of benzene rings is 1. The largest absolute Gasteiger partial charge is 0.369 e. The van der Waals surface area contributed by atoms with Crippen molar-refractivity contribution in [3.8, 4) is 0 Å². The number of hydrogen-bond donors (Lipinski definition) is 0. The van der Waals surface area contributed by atoms with Gasteiger partial charge >= 0.3 is 0 Å². The minimum absolute atomic E-state index is 0.510. The molecule has 1 aromatic carbocycles. The second-order valence-corrected chi connectivity index (χ2v) is 4.90. The van der Waals surface area contributed by atoms with Crippen molar-refractivity contribution in [1.82, 2.24) is 0 Å². The zero-order valence-corrected chi connectivity index (χ0v) is 10.6. The van der Waals surface area contributed by atoms with Crippen LogP contribution in [0.5, 0.6) is 0 Å². The monoisotopic (exact) mass is 218 g/mol. The Bertz CT molecular complexity index is 328. The molecule has 3 unspecified atom stereocenters. The van der Waals surface area contributed by atoms with Crippen molar-refractivity contribution >= 4 is 0 Å². The summed E-state index contributed by atoms with van der Waals surface area (Å²) in [5.41, 5.74) is 2.86. The van der Waals surface area contributed by atoms with E-state index in [0.29, 0.717) is 18.1 Å². The van der Waals surface area contributed by atoms with E-state index in [2.05, 4.69) is 45.0 Å². The Labute approximate surface area is 98.8 Å². The summed E-state index contributed by atoms with van der Waals surface area (Å²) in [5.74, 6) is 0.650. The minimum Gasteiger partial charge on any atom is -0.369 e. The number of ether oxygens (including phenoxy) is 1. The minimum atomic E-state index is 0.510. The fourth-order valence-corrected chi connectivity index (χ4v) is 2.38. The van der Waals surface area contributed by atoms with Crippen LogP contribution in [-0.4, -0.2) is 12.2 Å². The fraction of sp³-hybridized carbons (Fsp3) is 0.600. The molecule has 0 spiro atoms. The average molecular weight is 218 g/mol. The van der Waals surface area contributed by atoms with Crippen LogP contribution in [0, 0.1) is 5.92 Å². The first kappa shape index (κ1) is 11.7. The molecule has 1 aliphatic rings. The molecule has 0 aliphatic carbocycles. The van der Waals surface area contributed by atoms with E-state index in [1.165, 1.54) is 11.1 Å². The zero-order valence-electron chi connectivity index (χ0n) is 10.6. The predicted molar refractivity (Wildman–Crippen MR) is 67.6 cm³/mol. The molecular formula is C15H22O. The van der Waals surface area contributed by atoms with Crippen LogP contribution in [0.1, 0.15) is 38.3 Å². The van der Waals surface area contributed by atoms with Gasteiger partial charge in [-0.3, -0.25) is 0 Å². The van der Waals surface area contributed by atoms with Crippen molar-refractivity contribution in [2.45, 2.75) is 52.2 Å². The number of hydrogen-bond acceptors (Lipinski definition) is 1. The zero-order chi connectivity index (χ0) is 11.5. The molecule has 88 valence electrons. The van der Waals surface area contributed by atoms with Crippen LogP contribution in [0.25, 0.3) is 0 Å². The lowest BCUT2D eigenvalue weighted by atomic mass is 9.95. The molecular weight excluding hydrogens is 196 g/mol. The van der Waals surface area contributed by atoms with Gasteiger partial charge in [-0.15, -0.1) is 0 Å². The molecule has 1 saturated heterocycles. The molecule has 1 aromatic rings. The lowest BCUT2D eigenvalue weighted by Gasteiger charge is -2.09. The lowest BCUT2D eigenvalue weighted by Crippen LogP contribution is -2.09. The molecule has 0 bridgehead atoms. The maximum atomic E-state index is 5.65. The first-order valence-corrected chi connectivity index (χ1v) is 6.47. The Morgan fingerprint density at radius 2 is 1.75 bits per heavy atom. The van der Waals surface area contributed by atoms with Gasteiger partial charge in [0.1, 0.15) is 0 Å². The molecule has 0 saturated carbocycles. The third-order valence-corrected chi connectivity index (χ3v) is 3.57. The van der Waals surface area contributed by atoms with Crippen LogP contribution in [-0.2, 0) is 17.6 Å². The van der Waals surface area contributed by atoms with E-state index in [0.717, 1.165) is 19.3 Å². The van der Waals surface area contributed by atoms with E-state index in [4.69, 9.17) is 4.74 Å². The Morgan fingerprint density at radius 3 is 2.25 bits per heavy atom. The molecule has 1 nitrogen and oxygen atoms in total. The molecule has 1 heteroatoms. The average Bonchev–Trinajstić information content (AvgIpc) is 3.09. The second kappa shape index (κ2) is 5.01. The molecule has 16 heavy (non-hydrogen) atoms. The van der Waals surface area contributed by atoms with Gasteiger partial charge in [-0.2, -0.15) is 0 Å². The molecule has 1 aliphatic heterocycles. The van der Waals surface area contributed by atoms with Crippen molar-refractivity contribution < 1.29 is 4.74 Å². The Morgan fingerprint density at radius 1 is 1.12 bits per heavy atom. The molecule has 3 atom stereocenters. The molecule has 0 aromatic heterocycles. The summed E-state index contributed by atoms with van der Waals surface area (Å²) in [5, 5.41) is 0. The van der Waals surface area contributed by atoms with Gasteiger partial charge in [-0.25, -0.2) is 0 Å². The third kappa shape index (κ3) is 2.65. The van der Waals surface area contributed by atoms with Gasteiger partial charge in [-0.1, -0.05) is 45.0 Å². The highest BCUT2D eigenvalue weighted by Crippen LogP contribution is 2.33. The summed E-state index contributed by atoms with van der Waals surface area (Å²) < 4.78 is 5.65. The van der Waals surface area contributed by atoms with Crippen LogP contribution in [0.2, 0.25) is 0 Å². The van der Waals surface area contributed by atoms with Gasteiger partial charge in [0.2, 0.25) is 0 Å². The van der Waals surface area contributed by atoms with Crippen LogP contribution < -0.4 is 0 Å². The Kier molecular flexibility index (Phi) is 3.65. The normalized spacial score (nSPS) is 25.4. The van der Waals surface area contributed by atoms with E-state index in [-0.39, 0.29) is 0 Å². The van der Waals surface area contributed by atoms with E-state index in [9.17, 15) is 0 Å².